The normalized spacial score (nSPS) is 15.5. The molecule has 0 bridgehead atoms. The van der Waals surface area contributed by atoms with Crippen molar-refractivity contribution in [1.82, 2.24) is 0 Å². The summed E-state index contributed by atoms with van der Waals surface area (Å²) in [5.41, 5.74) is 2.36. The molecule has 0 radical (unpaired) electrons. The van der Waals surface area contributed by atoms with Crippen LogP contribution in [0.1, 0.15) is 16.8 Å². The molecule has 4 rings (SSSR count). The van der Waals surface area contributed by atoms with E-state index in [0.29, 0.717) is 40.1 Å². The minimum Gasteiger partial charge on any atom is -0.453 e. The molecule has 3 nitrogen and oxygen atoms in total. The van der Waals surface area contributed by atoms with Gasteiger partial charge in [-0.1, -0.05) is 23.2 Å². The molecule has 0 atom stereocenters. The third kappa shape index (κ3) is 1.63. The minimum absolute atomic E-state index is 0.0982. The van der Waals surface area contributed by atoms with Gasteiger partial charge in [-0.3, -0.25) is 4.79 Å². The van der Waals surface area contributed by atoms with Crippen LogP contribution in [0, 0.1) is 0 Å². The summed E-state index contributed by atoms with van der Waals surface area (Å²) in [5, 5.41) is 1.11. The zero-order valence-corrected chi connectivity index (χ0v) is 11.8. The molecule has 0 saturated heterocycles. The van der Waals surface area contributed by atoms with Gasteiger partial charge in [-0.05, 0) is 18.2 Å². The van der Waals surface area contributed by atoms with Crippen LogP contribution in [0.2, 0.25) is 10.0 Å². The van der Waals surface area contributed by atoms with Crippen molar-refractivity contribution >= 4 is 40.4 Å². The van der Waals surface area contributed by atoms with E-state index in [4.69, 9.17) is 27.9 Å². The number of benzene rings is 2. The van der Waals surface area contributed by atoms with Gasteiger partial charge in [-0.25, -0.2) is 0 Å². The molecule has 0 aliphatic carbocycles. The largest absolute Gasteiger partial charge is 0.453 e. The summed E-state index contributed by atoms with van der Waals surface area (Å²) in [7, 11) is 0. The van der Waals surface area contributed by atoms with Crippen LogP contribution >= 0.6 is 23.2 Å². The van der Waals surface area contributed by atoms with Gasteiger partial charge in [0, 0.05) is 40.7 Å². The molecule has 0 spiro atoms. The Bertz CT molecular complexity index is 758. The minimum atomic E-state index is 0.0982. The fraction of sp³-hybridized carbons (Fsp3) is 0.133. The number of fused-ring (bicyclic) bond motifs is 2. The van der Waals surface area contributed by atoms with Crippen LogP contribution in [-0.2, 0) is 0 Å². The van der Waals surface area contributed by atoms with Crippen molar-refractivity contribution in [2.75, 3.05) is 11.4 Å². The number of carbonyl (C=O) groups is 1. The molecule has 100 valence electrons. The first-order valence-electron chi connectivity index (χ1n) is 6.25. The Hall–Kier alpha value is -1.71. The van der Waals surface area contributed by atoms with Crippen LogP contribution in [0.3, 0.4) is 0 Å². The summed E-state index contributed by atoms with van der Waals surface area (Å²) in [4.78, 5) is 14.2. The molecule has 2 aromatic carbocycles. The van der Waals surface area contributed by atoms with Crippen LogP contribution < -0.4 is 9.64 Å². The molecule has 0 amide bonds. The maximum absolute atomic E-state index is 12.1. The zero-order valence-electron chi connectivity index (χ0n) is 10.3. The van der Waals surface area contributed by atoms with E-state index in [1.807, 2.05) is 12.1 Å². The van der Waals surface area contributed by atoms with E-state index in [1.165, 1.54) is 0 Å². The molecule has 0 aromatic heterocycles. The Balaban J connectivity index is 2.00. The maximum atomic E-state index is 12.1. The lowest BCUT2D eigenvalue weighted by molar-refractivity contribution is 0.0980. The first-order valence-corrected chi connectivity index (χ1v) is 7.01. The van der Waals surface area contributed by atoms with E-state index >= 15 is 0 Å². The molecule has 0 unspecified atom stereocenters. The number of ether oxygens (including phenoxy) is 1. The van der Waals surface area contributed by atoms with Gasteiger partial charge in [0.25, 0.3) is 0 Å². The van der Waals surface area contributed by atoms with E-state index in [0.717, 1.165) is 11.4 Å². The van der Waals surface area contributed by atoms with Crippen molar-refractivity contribution in [1.29, 1.82) is 0 Å². The molecular formula is C15H9Cl2NO2. The zero-order chi connectivity index (χ0) is 13.9. The maximum Gasteiger partial charge on any atom is 0.166 e. The number of anilines is 2. The number of hydrogen-bond acceptors (Lipinski definition) is 3. The van der Waals surface area contributed by atoms with Gasteiger partial charge < -0.3 is 9.64 Å². The predicted octanol–water partition coefficient (Wildman–Crippen LogP) is 4.82. The van der Waals surface area contributed by atoms with E-state index < -0.39 is 0 Å². The van der Waals surface area contributed by atoms with Gasteiger partial charge in [-0.15, -0.1) is 0 Å². The van der Waals surface area contributed by atoms with Crippen molar-refractivity contribution in [3.05, 3.63) is 45.9 Å². The van der Waals surface area contributed by atoms with Crippen molar-refractivity contribution in [2.45, 2.75) is 6.42 Å². The summed E-state index contributed by atoms with van der Waals surface area (Å²) < 4.78 is 5.87. The number of Topliss-reactive ketones (excluding diaryl/α,β-unsaturated/α-hetero) is 1. The highest BCUT2D eigenvalue weighted by atomic mass is 35.5. The van der Waals surface area contributed by atoms with E-state index in [-0.39, 0.29) is 5.78 Å². The number of halogens is 2. The first-order chi connectivity index (χ1) is 9.63. The van der Waals surface area contributed by atoms with Crippen molar-refractivity contribution in [3.63, 3.8) is 0 Å². The highest BCUT2D eigenvalue weighted by Gasteiger charge is 2.33. The van der Waals surface area contributed by atoms with Gasteiger partial charge in [0.05, 0.1) is 11.4 Å². The highest BCUT2D eigenvalue weighted by molar-refractivity contribution is 6.32. The Morgan fingerprint density at radius 2 is 1.85 bits per heavy atom. The Morgan fingerprint density at radius 3 is 2.70 bits per heavy atom. The first kappa shape index (κ1) is 12.1. The third-order valence-electron chi connectivity index (χ3n) is 3.61. The monoisotopic (exact) mass is 305 g/mol. The van der Waals surface area contributed by atoms with Crippen molar-refractivity contribution < 1.29 is 9.53 Å². The number of nitrogens with zero attached hydrogens (tertiary/aromatic N) is 1. The lowest BCUT2D eigenvalue weighted by Crippen LogP contribution is -2.30. The summed E-state index contributed by atoms with van der Waals surface area (Å²) in [5.74, 6) is 1.39. The van der Waals surface area contributed by atoms with Gasteiger partial charge >= 0.3 is 0 Å². The highest BCUT2D eigenvalue weighted by Crippen LogP contribution is 2.51. The second-order valence-corrected chi connectivity index (χ2v) is 5.71. The second kappa shape index (κ2) is 4.14. The lowest BCUT2D eigenvalue weighted by Gasteiger charge is -2.36. The number of carbonyl (C=O) groups excluding carboxylic acids is 1. The summed E-state index contributed by atoms with van der Waals surface area (Å²) in [6, 6.07) is 8.95. The smallest absolute Gasteiger partial charge is 0.166 e. The molecule has 2 aliphatic rings. The molecule has 0 fully saturated rings. The molecular weight excluding hydrogens is 297 g/mol. The van der Waals surface area contributed by atoms with E-state index in [2.05, 4.69) is 4.90 Å². The number of ketones is 1. The van der Waals surface area contributed by atoms with E-state index in [1.54, 1.807) is 18.2 Å². The second-order valence-electron chi connectivity index (χ2n) is 4.84. The Morgan fingerprint density at radius 1 is 1.05 bits per heavy atom. The van der Waals surface area contributed by atoms with E-state index in [9.17, 15) is 4.79 Å². The van der Waals surface area contributed by atoms with Crippen LogP contribution in [-0.4, -0.2) is 12.3 Å². The molecule has 5 heteroatoms. The average molecular weight is 306 g/mol. The van der Waals surface area contributed by atoms with Crippen molar-refractivity contribution in [2.24, 2.45) is 0 Å². The van der Waals surface area contributed by atoms with Gasteiger partial charge in [0.15, 0.2) is 17.3 Å². The molecule has 0 N–H and O–H groups in total. The molecule has 2 heterocycles. The molecule has 20 heavy (non-hydrogen) atoms. The lowest BCUT2D eigenvalue weighted by atomic mass is 9.97. The molecule has 0 saturated carbocycles. The van der Waals surface area contributed by atoms with Gasteiger partial charge in [0.1, 0.15) is 0 Å². The number of hydrogen-bond donors (Lipinski definition) is 0. The average Bonchev–Trinajstić information content (AvgIpc) is 2.41. The molecule has 2 aliphatic heterocycles. The van der Waals surface area contributed by atoms with Crippen LogP contribution in [0.5, 0.6) is 11.5 Å². The van der Waals surface area contributed by atoms with Crippen LogP contribution in [0.25, 0.3) is 0 Å². The number of rotatable bonds is 0. The fourth-order valence-corrected chi connectivity index (χ4v) is 3.13. The summed E-state index contributed by atoms with van der Waals surface area (Å²) in [6.07, 6.45) is 0.467. The Kier molecular flexibility index (Phi) is 2.50. The predicted molar refractivity (Wildman–Crippen MR) is 78.9 cm³/mol. The quantitative estimate of drug-likeness (QED) is 0.698. The van der Waals surface area contributed by atoms with Gasteiger partial charge in [-0.2, -0.15) is 0 Å². The summed E-state index contributed by atoms with van der Waals surface area (Å²) >= 11 is 12.1. The van der Waals surface area contributed by atoms with Crippen LogP contribution in [0.4, 0.5) is 11.4 Å². The van der Waals surface area contributed by atoms with Crippen molar-refractivity contribution in [3.8, 4) is 11.5 Å². The van der Waals surface area contributed by atoms with Crippen LogP contribution in [0.15, 0.2) is 30.3 Å². The SMILES string of the molecule is O=C1CCN2c3ccc(Cl)cc3Oc3cc(Cl)cc1c32. The Labute approximate surface area is 125 Å². The summed E-state index contributed by atoms with van der Waals surface area (Å²) in [6.45, 7) is 0.637. The topological polar surface area (TPSA) is 29.5 Å². The third-order valence-corrected chi connectivity index (χ3v) is 4.06. The standard InChI is InChI=1S/C15H9Cl2NO2/c16-8-1-2-11-13(6-8)20-14-7-9(17)5-10-12(19)3-4-18(11)15(10)14/h1-2,5-7H,3-4H2. The molecule has 2 aromatic rings. The van der Waals surface area contributed by atoms with Gasteiger partial charge in [0.2, 0.25) is 0 Å². The fourth-order valence-electron chi connectivity index (χ4n) is 2.75.